The van der Waals surface area contributed by atoms with Crippen LogP contribution in [0, 0.1) is 5.41 Å². The molecular formula is C20H27NO6. The number of carbonyl (C=O) groups is 2. The summed E-state index contributed by atoms with van der Waals surface area (Å²) in [6.45, 7) is 5.67. The van der Waals surface area contributed by atoms with Gasteiger partial charge < -0.3 is 14.7 Å². The molecule has 2 aliphatic rings. The molecule has 7 nitrogen and oxygen atoms in total. The zero-order valence-electron chi connectivity index (χ0n) is 16.1. The average Bonchev–Trinajstić information content (AvgIpc) is 2.90. The lowest BCUT2D eigenvalue weighted by atomic mass is 9.70. The molecule has 2 saturated heterocycles. The van der Waals surface area contributed by atoms with Crippen LogP contribution in [0.15, 0.2) is 30.3 Å². The minimum absolute atomic E-state index is 0.0203. The summed E-state index contributed by atoms with van der Waals surface area (Å²) < 4.78 is 5.22. The van der Waals surface area contributed by atoms with Gasteiger partial charge in [-0.05, 0) is 25.3 Å². The van der Waals surface area contributed by atoms with Crippen LogP contribution in [0.25, 0.3) is 0 Å². The number of rotatable bonds is 6. The fourth-order valence-corrected chi connectivity index (χ4v) is 4.01. The van der Waals surface area contributed by atoms with Crippen molar-refractivity contribution in [2.24, 2.45) is 5.41 Å². The van der Waals surface area contributed by atoms with Crippen molar-refractivity contribution in [2.45, 2.75) is 58.0 Å². The molecule has 148 valence electrons. The molecule has 2 heterocycles. The van der Waals surface area contributed by atoms with Crippen molar-refractivity contribution in [2.75, 3.05) is 13.2 Å². The van der Waals surface area contributed by atoms with E-state index in [0.29, 0.717) is 12.8 Å². The van der Waals surface area contributed by atoms with Crippen molar-refractivity contribution in [3.05, 3.63) is 35.9 Å². The van der Waals surface area contributed by atoms with E-state index >= 15 is 0 Å². The van der Waals surface area contributed by atoms with Gasteiger partial charge in [-0.25, -0.2) is 4.89 Å². The molecule has 2 unspecified atom stereocenters. The van der Waals surface area contributed by atoms with Crippen molar-refractivity contribution in [1.29, 1.82) is 0 Å². The molecule has 0 spiro atoms. The lowest BCUT2D eigenvalue weighted by Gasteiger charge is -2.47. The predicted octanol–water partition coefficient (Wildman–Crippen LogP) is 2.18. The summed E-state index contributed by atoms with van der Waals surface area (Å²) in [4.78, 5) is 38.8. The maximum absolute atomic E-state index is 13.4. The number of carbonyl (C=O) groups excluding carboxylic acids is 2. The SMILES string of the molecule is CCOC(=O)C12CC(CC)(CC)OOC1(O)CN(Cc1ccccc1)C2=O. The first-order valence-corrected chi connectivity index (χ1v) is 9.46. The van der Waals surface area contributed by atoms with E-state index in [1.165, 1.54) is 4.90 Å². The van der Waals surface area contributed by atoms with Crippen LogP contribution >= 0.6 is 0 Å². The number of benzene rings is 1. The highest BCUT2D eigenvalue weighted by molar-refractivity contribution is 6.06. The van der Waals surface area contributed by atoms with Crippen LogP contribution in [0.5, 0.6) is 0 Å². The van der Waals surface area contributed by atoms with E-state index in [0.717, 1.165) is 5.56 Å². The number of likely N-dealkylation sites (tertiary alicyclic amines) is 1. The number of esters is 1. The average molecular weight is 377 g/mol. The summed E-state index contributed by atoms with van der Waals surface area (Å²) in [6.07, 6.45) is 1.09. The zero-order chi connectivity index (χ0) is 19.7. The Labute approximate surface area is 159 Å². The van der Waals surface area contributed by atoms with Crippen LogP contribution in [-0.4, -0.2) is 46.4 Å². The fraction of sp³-hybridized carbons (Fsp3) is 0.600. The highest BCUT2D eigenvalue weighted by Crippen LogP contribution is 2.54. The summed E-state index contributed by atoms with van der Waals surface area (Å²) >= 11 is 0. The minimum atomic E-state index is -2.08. The Morgan fingerprint density at radius 1 is 1.19 bits per heavy atom. The Morgan fingerprint density at radius 2 is 1.85 bits per heavy atom. The molecule has 2 aliphatic heterocycles. The van der Waals surface area contributed by atoms with Crippen LogP contribution < -0.4 is 0 Å². The first kappa shape index (κ1) is 19.8. The molecule has 27 heavy (non-hydrogen) atoms. The topological polar surface area (TPSA) is 85.3 Å². The Balaban J connectivity index is 2.01. The molecule has 2 fully saturated rings. The second kappa shape index (κ2) is 7.22. The summed E-state index contributed by atoms with van der Waals surface area (Å²) in [5.74, 6) is -3.33. The monoisotopic (exact) mass is 377 g/mol. The molecule has 1 N–H and O–H groups in total. The predicted molar refractivity (Wildman–Crippen MR) is 96.0 cm³/mol. The number of fused-ring (bicyclic) bond motifs is 1. The van der Waals surface area contributed by atoms with Gasteiger partial charge in [0.25, 0.3) is 0 Å². The third kappa shape index (κ3) is 3.03. The van der Waals surface area contributed by atoms with Gasteiger partial charge in [0.15, 0.2) is 0 Å². The van der Waals surface area contributed by atoms with Crippen molar-refractivity contribution in [3.63, 3.8) is 0 Å². The van der Waals surface area contributed by atoms with Crippen LogP contribution in [-0.2, 0) is 30.6 Å². The van der Waals surface area contributed by atoms with Gasteiger partial charge in [-0.3, -0.25) is 9.59 Å². The van der Waals surface area contributed by atoms with E-state index in [4.69, 9.17) is 14.5 Å². The second-order valence-electron chi connectivity index (χ2n) is 7.29. The summed E-state index contributed by atoms with van der Waals surface area (Å²) in [7, 11) is 0. The maximum Gasteiger partial charge on any atom is 0.327 e. The van der Waals surface area contributed by atoms with Crippen molar-refractivity contribution < 1.29 is 29.2 Å². The van der Waals surface area contributed by atoms with Gasteiger partial charge in [0.1, 0.15) is 5.60 Å². The molecule has 7 heteroatoms. The first-order valence-electron chi connectivity index (χ1n) is 9.46. The van der Waals surface area contributed by atoms with Gasteiger partial charge in [-0.2, -0.15) is 4.89 Å². The van der Waals surface area contributed by atoms with E-state index in [9.17, 15) is 14.7 Å². The number of hydrogen-bond donors (Lipinski definition) is 1. The number of aliphatic hydroxyl groups is 1. The Morgan fingerprint density at radius 3 is 2.44 bits per heavy atom. The third-order valence-corrected chi connectivity index (χ3v) is 5.80. The van der Waals surface area contributed by atoms with Crippen LogP contribution in [0.3, 0.4) is 0 Å². The number of amides is 1. The van der Waals surface area contributed by atoms with E-state index in [2.05, 4.69) is 0 Å². The maximum atomic E-state index is 13.4. The molecule has 0 saturated carbocycles. The molecule has 1 amide bonds. The highest BCUT2D eigenvalue weighted by atomic mass is 17.2. The second-order valence-corrected chi connectivity index (χ2v) is 7.29. The summed E-state index contributed by atoms with van der Waals surface area (Å²) in [5.41, 5.74) is -1.77. The lowest BCUT2D eigenvalue weighted by molar-refractivity contribution is -0.501. The van der Waals surface area contributed by atoms with Gasteiger partial charge in [0, 0.05) is 13.0 Å². The number of β-amino-alcohol motifs (C(OH)–C–C–N with tert-alkyl or cyclic N) is 1. The van der Waals surface area contributed by atoms with Crippen LogP contribution in [0.1, 0.15) is 45.6 Å². The van der Waals surface area contributed by atoms with Crippen LogP contribution in [0.2, 0.25) is 0 Å². The molecule has 0 aromatic heterocycles. The summed E-state index contributed by atoms with van der Waals surface area (Å²) in [5, 5.41) is 11.2. The molecule has 1 aromatic rings. The molecular weight excluding hydrogens is 350 g/mol. The standard InChI is InChI=1S/C20H27NO6/c1-4-18(5-2)13-19(17(23)25-6-3)16(22)21(14-20(19,24)27-26-18)12-15-10-8-7-9-11-15/h7-11,24H,4-6,12-14H2,1-3H3. The molecule has 0 aliphatic carbocycles. The van der Waals surface area contributed by atoms with E-state index in [1.807, 2.05) is 44.2 Å². The summed E-state index contributed by atoms with van der Waals surface area (Å²) in [6, 6.07) is 9.40. The van der Waals surface area contributed by atoms with Gasteiger partial charge in [-0.1, -0.05) is 44.2 Å². The van der Waals surface area contributed by atoms with Gasteiger partial charge in [0.2, 0.25) is 17.1 Å². The van der Waals surface area contributed by atoms with Crippen LogP contribution in [0.4, 0.5) is 0 Å². The lowest BCUT2D eigenvalue weighted by Crippen LogP contribution is -2.64. The molecule has 3 rings (SSSR count). The molecule has 0 radical (unpaired) electrons. The number of nitrogens with zero attached hydrogens (tertiary/aromatic N) is 1. The van der Waals surface area contributed by atoms with Crippen molar-refractivity contribution in [1.82, 2.24) is 4.90 Å². The Bertz CT molecular complexity index is 704. The zero-order valence-corrected chi connectivity index (χ0v) is 16.1. The van der Waals surface area contributed by atoms with E-state index in [1.54, 1.807) is 6.92 Å². The molecule has 0 bridgehead atoms. The normalized spacial score (nSPS) is 29.5. The molecule has 2 atom stereocenters. The van der Waals surface area contributed by atoms with Crippen molar-refractivity contribution in [3.8, 4) is 0 Å². The van der Waals surface area contributed by atoms with Crippen molar-refractivity contribution >= 4 is 11.9 Å². The Kier molecular flexibility index (Phi) is 5.29. The van der Waals surface area contributed by atoms with Gasteiger partial charge in [-0.15, -0.1) is 0 Å². The minimum Gasteiger partial charge on any atom is -0.465 e. The molecule has 1 aromatic carbocycles. The van der Waals surface area contributed by atoms with Gasteiger partial charge in [0.05, 0.1) is 13.2 Å². The fourth-order valence-electron chi connectivity index (χ4n) is 4.01. The largest absolute Gasteiger partial charge is 0.465 e. The number of ether oxygens (including phenoxy) is 1. The third-order valence-electron chi connectivity index (χ3n) is 5.80. The van der Waals surface area contributed by atoms with E-state index < -0.39 is 28.7 Å². The van der Waals surface area contributed by atoms with E-state index in [-0.39, 0.29) is 26.1 Å². The number of hydrogen-bond acceptors (Lipinski definition) is 6. The highest BCUT2D eigenvalue weighted by Gasteiger charge is 2.75. The van der Waals surface area contributed by atoms with Gasteiger partial charge >= 0.3 is 5.97 Å². The smallest absolute Gasteiger partial charge is 0.327 e. The first-order chi connectivity index (χ1) is 12.9. The quantitative estimate of drug-likeness (QED) is 0.465. The Hall–Kier alpha value is -1.96.